The molecule has 0 bridgehead atoms. The molecule has 98 heavy (non-hydrogen) atoms. The maximum absolute atomic E-state index is 13.1. The van der Waals surface area contributed by atoms with Crippen molar-refractivity contribution >= 4 is 39.5 Å². The summed E-state index contributed by atoms with van der Waals surface area (Å²) >= 11 is 0. The molecule has 0 fully saturated rings. The average molecular weight is 1440 g/mol. The second-order valence-electron chi connectivity index (χ2n) is 29.4. The van der Waals surface area contributed by atoms with Crippen LogP contribution in [0.5, 0.6) is 0 Å². The minimum atomic E-state index is -4.96. The fourth-order valence-electron chi connectivity index (χ4n) is 12.1. The molecular formula is C79H154O17P2. The summed E-state index contributed by atoms with van der Waals surface area (Å²) in [5, 5.41) is 10.6. The van der Waals surface area contributed by atoms with E-state index in [0.717, 1.165) is 114 Å². The van der Waals surface area contributed by atoms with Crippen LogP contribution in [0.1, 0.15) is 408 Å². The third-order valence-electron chi connectivity index (χ3n) is 19.1. The van der Waals surface area contributed by atoms with Gasteiger partial charge < -0.3 is 33.8 Å². The standard InChI is InChI=1S/C79H154O17P2/c1-8-11-12-13-14-15-26-34-39-48-55-62-78(83)96-75(67-90-77(82)61-54-47-42-41-45-52-59-72(7)10-3)69-94-98(87,88)92-65-73(80)64-91-97(85,86)93-68-74(66-89-76(81)60-53-46-38-33-29-24-21-20-23-28-32-37-44-51-58-71(6)9-2)95-79(84)63-56-49-40-35-30-25-19-17-16-18-22-27-31-36-43-50-57-70(4)5/h70-75,80H,8-69H2,1-7H3,(H,85,86)(H,87,88)/t71?,72?,73-,74-,75-/m1/s1. The van der Waals surface area contributed by atoms with Crippen molar-refractivity contribution in [1.29, 1.82) is 0 Å². The highest BCUT2D eigenvalue weighted by Crippen LogP contribution is 2.45. The Morgan fingerprint density at radius 3 is 0.776 bits per heavy atom. The van der Waals surface area contributed by atoms with E-state index in [2.05, 4.69) is 48.5 Å². The van der Waals surface area contributed by atoms with E-state index in [1.165, 1.54) is 212 Å². The van der Waals surface area contributed by atoms with Crippen molar-refractivity contribution in [3.05, 3.63) is 0 Å². The van der Waals surface area contributed by atoms with Crippen LogP contribution in [0, 0.1) is 17.8 Å². The quantitative estimate of drug-likeness (QED) is 0.0222. The number of carbonyl (C=O) groups excluding carboxylic acids is 4. The topological polar surface area (TPSA) is 237 Å². The fourth-order valence-corrected chi connectivity index (χ4v) is 13.6. The molecule has 0 spiro atoms. The van der Waals surface area contributed by atoms with Gasteiger partial charge in [0.1, 0.15) is 19.3 Å². The van der Waals surface area contributed by atoms with Crippen LogP contribution in [-0.4, -0.2) is 96.7 Å². The number of ether oxygens (including phenoxy) is 4. The number of phosphoric ester groups is 2. The van der Waals surface area contributed by atoms with Gasteiger partial charge in [0.05, 0.1) is 26.4 Å². The molecular weight excluding hydrogens is 1280 g/mol. The van der Waals surface area contributed by atoms with Crippen LogP contribution < -0.4 is 0 Å². The van der Waals surface area contributed by atoms with Crippen molar-refractivity contribution < 1.29 is 80.2 Å². The third-order valence-corrected chi connectivity index (χ3v) is 21.0. The Balaban J connectivity index is 5.23. The summed E-state index contributed by atoms with van der Waals surface area (Å²) < 4.78 is 68.6. The number of esters is 4. The zero-order valence-electron chi connectivity index (χ0n) is 64.3. The number of phosphoric acid groups is 2. The van der Waals surface area contributed by atoms with Crippen LogP contribution in [0.4, 0.5) is 0 Å². The summed E-state index contributed by atoms with van der Waals surface area (Å²) in [4.78, 5) is 72.9. The highest BCUT2D eigenvalue weighted by Gasteiger charge is 2.30. The predicted octanol–water partition coefficient (Wildman–Crippen LogP) is 23.4. The summed E-state index contributed by atoms with van der Waals surface area (Å²) in [6.07, 6.45) is 56.8. The summed E-state index contributed by atoms with van der Waals surface area (Å²) in [6.45, 7) is 12.0. The molecule has 0 aliphatic rings. The Morgan fingerprint density at radius 2 is 0.520 bits per heavy atom. The van der Waals surface area contributed by atoms with Gasteiger partial charge in [-0.2, -0.15) is 0 Å². The van der Waals surface area contributed by atoms with Gasteiger partial charge in [-0.1, -0.05) is 357 Å². The molecule has 0 radical (unpaired) electrons. The Morgan fingerprint density at radius 1 is 0.296 bits per heavy atom. The third kappa shape index (κ3) is 69.8. The van der Waals surface area contributed by atoms with Gasteiger partial charge in [-0.15, -0.1) is 0 Å². The second-order valence-corrected chi connectivity index (χ2v) is 32.3. The Labute approximate surface area is 600 Å². The van der Waals surface area contributed by atoms with E-state index in [1.807, 2.05) is 0 Å². The molecule has 17 nitrogen and oxygen atoms in total. The summed E-state index contributed by atoms with van der Waals surface area (Å²) in [6, 6.07) is 0. The minimum absolute atomic E-state index is 0.106. The molecule has 0 heterocycles. The van der Waals surface area contributed by atoms with E-state index < -0.39 is 97.5 Å². The van der Waals surface area contributed by atoms with Crippen molar-refractivity contribution in [2.75, 3.05) is 39.6 Å². The summed E-state index contributed by atoms with van der Waals surface area (Å²) in [7, 11) is -9.92. The lowest BCUT2D eigenvalue weighted by Crippen LogP contribution is -2.30. The molecule has 0 aromatic heterocycles. The zero-order valence-corrected chi connectivity index (χ0v) is 66.0. The van der Waals surface area contributed by atoms with Crippen LogP contribution in [0.15, 0.2) is 0 Å². The molecule has 19 heteroatoms. The maximum atomic E-state index is 13.1. The Kier molecular flexibility index (Phi) is 68.1. The highest BCUT2D eigenvalue weighted by molar-refractivity contribution is 7.47. The first kappa shape index (κ1) is 96.1. The average Bonchev–Trinajstić information content (AvgIpc) is 1.13. The number of aliphatic hydroxyl groups is 1. The van der Waals surface area contributed by atoms with Crippen LogP contribution >= 0.6 is 15.6 Å². The molecule has 3 N–H and O–H groups in total. The highest BCUT2D eigenvalue weighted by atomic mass is 31.2. The van der Waals surface area contributed by atoms with Crippen LogP contribution in [-0.2, 0) is 65.4 Å². The van der Waals surface area contributed by atoms with Gasteiger partial charge in [-0.3, -0.25) is 37.3 Å². The molecule has 0 aliphatic heterocycles. The largest absolute Gasteiger partial charge is 0.472 e. The van der Waals surface area contributed by atoms with Crippen LogP contribution in [0.25, 0.3) is 0 Å². The number of aliphatic hydroxyl groups excluding tert-OH is 1. The number of unbranched alkanes of at least 4 members (excludes halogenated alkanes) is 43. The van der Waals surface area contributed by atoms with E-state index in [-0.39, 0.29) is 25.7 Å². The normalized spacial score (nSPS) is 14.6. The van der Waals surface area contributed by atoms with Gasteiger partial charge in [0.15, 0.2) is 12.2 Å². The van der Waals surface area contributed by atoms with Crippen molar-refractivity contribution in [2.24, 2.45) is 17.8 Å². The van der Waals surface area contributed by atoms with Gasteiger partial charge in [0, 0.05) is 25.7 Å². The lowest BCUT2D eigenvalue weighted by molar-refractivity contribution is -0.161. The molecule has 582 valence electrons. The Bertz CT molecular complexity index is 1910. The molecule has 4 unspecified atom stereocenters. The lowest BCUT2D eigenvalue weighted by Gasteiger charge is -2.21. The number of carbonyl (C=O) groups is 4. The first-order valence-electron chi connectivity index (χ1n) is 40.9. The summed E-state index contributed by atoms with van der Waals surface area (Å²) in [5.74, 6) is 0.276. The Hall–Kier alpha value is -1.94. The van der Waals surface area contributed by atoms with Crippen molar-refractivity contribution in [2.45, 2.75) is 426 Å². The molecule has 0 saturated carbocycles. The van der Waals surface area contributed by atoms with Crippen molar-refractivity contribution in [3.8, 4) is 0 Å². The van der Waals surface area contributed by atoms with Gasteiger partial charge >= 0.3 is 39.5 Å². The van der Waals surface area contributed by atoms with Crippen LogP contribution in [0.3, 0.4) is 0 Å². The summed E-state index contributed by atoms with van der Waals surface area (Å²) in [5.41, 5.74) is 0. The van der Waals surface area contributed by atoms with E-state index >= 15 is 0 Å². The molecule has 0 rings (SSSR count). The molecule has 0 saturated heterocycles. The number of hydrogen-bond acceptors (Lipinski definition) is 15. The van der Waals surface area contributed by atoms with Crippen LogP contribution in [0.2, 0.25) is 0 Å². The SMILES string of the molecule is CCCCCCCCCCCCCC(=O)O[C@H](COC(=O)CCCCCCCCC(C)CC)COP(=O)(O)OC[C@H](O)COP(=O)(O)OC[C@@H](COC(=O)CCCCCCCCCCCCCCCCC(C)CC)OC(=O)CCCCCCCCCCCCCCCCCCC(C)C. The molecule has 0 aliphatic carbocycles. The van der Waals surface area contributed by atoms with E-state index in [0.29, 0.717) is 25.7 Å². The van der Waals surface area contributed by atoms with Gasteiger partial charge in [-0.25, -0.2) is 9.13 Å². The smallest absolute Gasteiger partial charge is 0.462 e. The monoisotopic (exact) mass is 1440 g/mol. The van der Waals surface area contributed by atoms with E-state index in [9.17, 15) is 43.2 Å². The first-order valence-corrected chi connectivity index (χ1v) is 43.9. The maximum Gasteiger partial charge on any atom is 0.472 e. The lowest BCUT2D eigenvalue weighted by atomic mass is 9.99. The molecule has 7 atom stereocenters. The minimum Gasteiger partial charge on any atom is -0.462 e. The molecule has 0 amide bonds. The van der Waals surface area contributed by atoms with Gasteiger partial charge in [-0.05, 0) is 43.4 Å². The van der Waals surface area contributed by atoms with Gasteiger partial charge in [0.2, 0.25) is 0 Å². The van der Waals surface area contributed by atoms with E-state index in [1.54, 1.807) is 0 Å². The number of hydrogen-bond donors (Lipinski definition) is 3. The van der Waals surface area contributed by atoms with Gasteiger partial charge in [0.25, 0.3) is 0 Å². The zero-order chi connectivity index (χ0) is 72.3. The predicted molar refractivity (Wildman–Crippen MR) is 400 cm³/mol. The van der Waals surface area contributed by atoms with Crippen molar-refractivity contribution in [1.82, 2.24) is 0 Å². The molecule has 0 aromatic carbocycles. The van der Waals surface area contributed by atoms with Crippen molar-refractivity contribution in [3.63, 3.8) is 0 Å². The fraction of sp³-hybridized carbons (Fsp3) is 0.949. The number of rotatable bonds is 77. The van der Waals surface area contributed by atoms with E-state index in [4.69, 9.17) is 37.0 Å². The molecule has 0 aromatic rings. The first-order chi connectivity index (χ1) is 47.3. The second kappa shape index (κ2) is 69.4.